The molecule has 0 bridgehead atoms. The summed E-state index contributed by atoms with van der Waals surface area (Å²) in [5.41, 5.74) is 0.215. The molecule has 100 valence electrons. The van der Waals surface area contributed by atoms with Gasteiger partial charge in [-0.25, -0.2) is 4.39 Å². The predicted octanol–water partition coefficient (Wildman–Crippen LogP) is 2.71. The SMILES string of the molecule is N#Cc1ccc(NC(=O)COc2ccccc2)c(F)c1. The van der Waals surface area contributed by atoms with E-state index in [1.165, 1.54) is 12.1 Å². The van der Waals surface area contributed by atoms with Gasteiger partial charge in [0, 0.05) is 0 Å². The van der Waals surface area contributed by atoms with Gasteiger partial charge in [-0.3, -0.25) is 4.79 Å². The lowest BCUT2D eigenvalue weighted by Crippen LogP contribution is -2.20. The number of nitriles is 1. The van der Waals surface area contributed by atoms with Crippen molar-refractivity contribution in [3.8, 4) is 11.8 Å². The monoisotopic (exact) mass is 270 g/mol. The van der Waals surface area contributed by atoms with Crippen LogP contribution >= 0.6 is 0 Å². The molecule has 0 unspecified atom stereocenters. The second-order valence-electron chi connectivity index (χ2n) is 3.96. The quantitative estimate of drug-likeness (QED) is 0.929. The number of para-hydroxylation sites is 1. The first-order valence-corrected chi connectivity index (χ1v) is 5.86. The number of ether oxygens (including phenoxy) is 1. The third-order valence-corrected chi connectivity index (χ3v) is 2.49. The van der Waals surface area contributed by atoms with E-state index >= 15 is 0 Å². The van der Waals surface area contributed by atoms with Crippen LogP contribution in [0.15, 0.2) is 48.5 Å². The fraction of sp³-hybridized carbons (Fsp3) is 0.0667. The number of hydrogen-bond donors (Lipinski definition) is 1. The van der Waals surface area contributed by atoms with E-state index in [0.717, 1.165) is 6.07 Å². The molecule has 0 saturated heterocycles. The van der Waals surface area contributed by atoms with Gasteiger partial charge in [0.05, 0.1) is 17.3 Å². The van der Waals surface area contributed by atoms with Crippen molar-refractivity contribution in [1.29, 1.82) is 5.26 Å². The van der Waals surface area contributed by atoms with Gasteiger partial charge in [-0.05, 0) is 30.3 Å². The molecule has 0 heterocycles. The predicted molar refractivity (Wildman–Crippen MR) is 71.7 cm³/mol. The van der Waals surface area contributed by atoms with E-state index in [-0.39, 0.29) is 17.9 Å². The lowest BCUT2D eigenvalue weighted by Gasteiger charge is -2.08. The van der Waals surface area contributed by atoms with E-state index < -0.39 is 11.7 Å². The Morgan fingerprint density at radius 3 is 2.65 bits per heavy atom. The normalized spacial score (nSPS) is 9.60. The largest absolute Gasteiger partial charge is 0.484 e. The molecule has 0 aliphatic heterocycles. The molecule has 0 radical (unpaired) electrons. The number of hydrogen-bond acceptors (Lipinski definition) is 3. The van der Waals surface area contributed by atoms with Gasteiger partial charge >= 0.3 is 0 Å². The molecule has 4 nitrogen and oxygen atoms in total. The van der Waals surface area contributed by atoms with Gasteiger partial charge in [0.25, 0.3) is 5.91 Å². The van der Waals surface area contributed by atoms with Crippen LogP contribution in [0.25, 0.3) is 0 Å². The van der Waals surface area contributed by atoms with Gasteiger partial charge in [0.15, 0.2) is 6.61 Å². The highest BCUT2D eigenvalue weighted by molar-refractivity contribution is 5.92. The van der Waals surface area contributed by atoms with Gasteiger partial charge in [-0.2, -0.15) is 5.26 Å². The van der Waals surface area contributed by atoms with E-state index in [9.17, 15) is 9.18 Å². The molecule has 2 aromatic carbocycles. The van der Waals surface area contributed by atoms with Crippen LogP contribution in [0.3, 0.4) is 0 Å². The standard InChI is InChI=1S/C15H11FN2O2/c16-13-8-11(9-17)6-7-14(13)18-15(19)10-20-12-4-2-1-3-5-12/h1-8H,10H2,(H,18,19). The zero-order valence-corrected chi connectivity index (χ0v) is 10.5. The number of amides is 1. The maximum Gasteiger partial charge on any atom is 0.262 e. The van der Waals surface area contributed by atoms with Gasteiger partial charge in [0.1, 0.15) is 11.6 Å². The Bertz CT molecular complexity index is 651. The Kier molecular flexibility index (Phi) is 4.30. The highest BCUT2D eigenvalue weighted by atomic mass is 19.1. The number of halogens is 1. The number of nitrogens with one attached hydrogen (secondary N) is 1. The Hall–Kier alpha value is -2.87. The Morgan fingerprint density at radius 1 is 1.25 bits per heavy atom. The molecule has 1 amide bonds. The van der Waals surface area contributed by atoms with Crippen LogP contribution in [-0.4, -0.2) is 12.5 Å². The second-order valence-corrected chi connectivity index (χ2v) is 3.96. The minimum Gasteiger partial charge on any atom is -0.484 e. The summed E-state index contributed by atoms with van der Waals surface area (Å²) in [6.07, 6.45) is 0. The fourth-order valence-corrected chi connectivity index (χ4v) is 1.54. The first kappa shape index (κ1) is 13.6. The number of carbonyl (C=O) groups is 1. The van der Waals surface area contributed by atoms with Crippen LogP contribution < -0.4 is 10.1 Å². The molecule has 0 saturated carbocycles. The number of anilines is 1. The zero-order valence-electron chi connectivity index (χ0n) is 10.5. The van der Waals surface area contributed by atoms with Crippen molar-refractivity contribution in [2.24, 2.45) is 0 Å². The zero-order chi connectivity index (χ0) is 14.4. The number of nitrogens with zero attached hydrogens (tertiary/aromatic N) is 1. The molecule has 1 N–H and O–H groups in total. The van der Waals surface area contributed by atoms with E-state index in [0.29, 0.717) is 5.75 Å². The van der Waals surface area contributed by atoms with Gasteiger partial charge in [-0.1, -0.05) is 18.2 Å². The average Bonchev–Trinajstić information content (AvgIpc) is 2.48. The molecule has 0 aliphatic carbocycles. The van der Waals surface area contributed by atoms with E-state index in [2.05, 4.69) is 5.32 Å². The van der Waals surface area contributed by atoms with Crippen molar-refractivity contribution >= 4 is 11.6 Å². The van der Waals surface area contributed by atoms with Crippen LogP contribution in [0.2, 0.25) is 0 Å². The van der Waals surface area contributed by atoms with Crippen LogP contribution in [0, 0.1) is 17.1 Å². The van der Waals surface area contributed by atoms with E-state index in [1.54, 1.807) is 24.3 Å². The number of carbonyl (C=O) groups excluding carboxylic acids is 1. The fourth-order valence-electron chi connectivity index (χ4n) is 1.54. The summed E-state index contributed by atoms with van der Waals surface area (Å²) < 4.78 is 18.8. The second kappa shape index (κ2) is 6.34. The summed E-state index contributed by atoms with van der Waals surface area (Å²) >= 11 is 0. The molecule has 0 spiro atoms. The molecule has 2 rings (SSSR count). The average molecular weight is 270 g/mol. The summed E-state index contributed by atoms with van der Waals surface area (Å²) in [5.74, 6) is -0.572. The summed E-state index contributed by atoms with van der Waals surface area (Å²) in [5, 5.41) is 11.0. The Labute approximate surface area is 115 Å². The third kappa shape index (κ3) is 3.56. The summed E-state index contributed by atoms with van der Waals surface area (Å²) in [6.45, 7) is -0.219. The highest BCUT2D eigenvalue weighted by Gasteiger charge is 2.08. The first-order chi connectivity index (χ1) is 9.69. The van der Waals surface area contributed by atoms with Gasteiger partial charge in [0.2, 0.25) is 0 Å². The Morgan fingerprint density at radius 2 is 2.00 bits per heavy atom. The van der Waals surface area contributed by atoms with Crippen molar-refractivity contribution in [3.05, 3.63) is 59.9 Å². The molecule has 5 heteroatoms. The third-order valence-electron chi connectivity index (χ3n) is 2.49. The molecule has 0 aliphatic rings. The molecule has 0 aromatic heterocycles. The molecular weight excluding hydrogens is 259 g/mol. The first-order valence-electron chi connectivity index (χ1n) is 5.86. The number of benzene rings is 2. The van der Waals surface area contributed by atoms with Crippen LogP contribution in [-0.2, 0) is 4.79 Å². The Balaban J connectivity index is 1.93. The molecule has 0 atom stereocenters. The number of rotatable bonds is 4. The minimum absolute atomic E-state index is 0.0191. The van der Waals surface area contributed by atoms with Crippen molar-refractivity contribution in [1.82, 2.24) is 0 Å². The summed E-state index contributed by atoms with van der Waals surface area (Å²) in [7, 11) is 0. The maximum absolute atomic E-state index is 13.6. The van der Waals surface area contributed by atoms with Crippen molar-refractivity contribution in [2.75, 3.05) is 11.9 Å². The molecule has 0 fully saturated rings. The summed E-state index contributed by atoms with van der Waals surface area (Å²) in [6, 6.07) is 14.5. The van der Waals surface area contributed by atoms with Crippen LogP contribution in [0.5, 0.6) is 5.75 Å². The van der Waals surface area contributed by atoms with Crippen molar-refractivity contribution in [2.45, 2.75) is 0 Å². The molecule has 2 aromatic rings. The van der Waals surface area contributed by atoms with E-state index in [1.807, 2.05) is 12.1 Å². The van der Waals surface area contributed by atoms with E-state index in [4.69, 9.17) is 10.00 Å². The molecule has 20 heavy (non-hydrogen) atoms. The van der Waals surface area contributed by atoms with Crippen molar-refractivity contribution < 1.29 is 13.9 Å². The van der Waals surface area contributed by atoms with Crippen LogP contribution in [0.4, 0.5) is 10.1 Å². The smallest absolute Gasteiger partial charge is 0.262 e. The summed E-state index contributed by atoms with van der Waals surface area (Å²) in [4.78, 5) is 11.6. The highest BCUT2D eigenvalue weighted by Crippen LogP contribution is 2.15. The lowest BCUT2D eigenvalue weighted by molar-refractivity contribution is -0.118. The van der Waals surface area contributed by atoms with Crippen molar-refractivity contribution in [3.63, 3.8) is 0 Å². The van der Waals surface area contributed by atoms with Gasteiger partial charge in [-0.15, -0.1) is 0 Å². The van der Waals surface area contributed by atoms with Crippen LogP contribution in [0.1, 0.15) is 5.56 Å². The lowest BCUT2D eigenvalue weighted by atomic mass is 10.2. The minimum atomic E-state index is -0.655. The molecular formula is C15H11FN2O2. The topological polar surface area (TPSA) is 62.1 Å². The maximum atomic E-state index is 13.6. The van der Waals surface area contributed by atoms with Gasteiger partial charge < -0.3 is 10.1 Å².